The molecule has 94 valence electrons. The molecule has 4 nitrogen and oxygen atoms in total. The van der Waals surface area contributed by atoms with Gasteiger partial charge in [0.25, 0.3) is 11.6 Å². The predicted octanol–water partition coefficient (Wildman–Crippen LogP) is 2.98. The molecule has 0 amide bonds. The van der Waals surface area contributed by atoms with Crippen LogP contribution >= 0.6 is 11.6 Å². The van der Waals surface area contributed by atoms with Crippen molar-refractivity contribution in [3.63, 3.8) is 0 Å². The third-order valence-corrected chi connectivity index (χ3v) is 2.85. The molecule has 1 unspecified atom stereocenters. The van der Waals surface area contributed by atoms with Crippen molar-refractivity contribution in [1.82, 2.24) is 0 Å². The minimum Gasteiger partial charge on any atom is -0.390 e. The van der Waals surface area contributed by atoms with Gasteiger partial charge in [-0.15, -0.1) is 0 Å². The Morgan fingerprint density at radius 3 is 2.65 bits per heavy atom. The summed E-state index contributed by atoms with van der Waals surface area (Å²) in [4.78, 5) is 9.84. The highest BCUT2D eigenvalue weighted by Gasteiger charge is 2.38. The smallest absolute Gasteiger partial charge is 0.277 e. The molecule has 0 aliphatic carbocycles. The van der Waals surface area contributed by atoms with E-state index in [4.69, 9.17) is 16.7 Å². The van der Waals surface area contributed by atoms with Crippen LogP contribution in [0.3, 0.4) is 0 Å². The Hall–Kier alpha value is -1.27. The molecule has 0 fully saturated rings. The van der Waals surface area contributed by atoms with E-state index in [1.54, 1.807) is 0 Å². The van der Waals surface area contributed by atoms with E-state index >= 15 is 0 Å². The number of rotatable bonds is 4. The highest BCUT2D eigenvalue weighted by atomic mass is 35.5. The van der Waals surface area contributed by atoms with Crippen LogP contribution in [0.2, 0.25) is 5.02 Å². The molecule has 7 heteroatoms. The largest absolute Gasteiger partial charge is 0.390 e. The predicted molar refractivity (Wildman–Crippen MR) is 58.6 cm³/mol. The highest BCUT2D eigenvalue weighted by Crippen LogP contribution is 2.37. The maximum absolute atomic E-state index is 13.3. The van der Waals surface area contributed by atoms with Gasteiger partial charge in [-0.3, -0.25) is 10.1 Å². The zero-order valence-electron chi connectivity index (χ0n) is 8.86. The summed E-state index contributed by atoms with van der Waals surface area (Å²) in [6.45, 7) is -0.186. The summed E-state index contributed by atoms with van der Waals surface area (Å²) in [7, 11) is 0. The van der Waals surface area contributed by atoms with Gasteiger partial charge >= 0.3 is 0 Å². The van der Waals surface area contributed by atoms with E-state index in [-0.39, 0.29) is 16.3 Å². The van der Waals surface area contributed by atoms with Crippen LogP contribution < -0.4 is 0 Å². The molecule has 0 bridgehead atoms. The summed E-state index contributed by atoms with van der Waals surface area (Å²) < 4.78 is 26.5. The zero-order valence-corrected chi connectivity index (χ0v) is 9.62. The van der Waals surface area contributed by atoms with Crippen molar-refractivity contribution < 1.29 is 18.8 Å². The van der Waals surface area contributed by atoms with Crippen LogP contribution in [0.5, 0.6) is 0 Å². The first-order valence-electron chi connectivity index (χ1n) is 4.72. The third-order valence-electron chi connectivity index (χ3n) is 2.50. The highest BCUT2D eigenvalue weighted by molar-refractivity contribution is 6.31. The van der Waals surface area contributed by atoms with E-state index in [1.807, 2.05) is 0 Å². The second kappa shape index (κ2) is 4.93. The van der Waals surface area contributed by atoms with Gasteiger partial charge < -0.3 is 5.11 Å². The van der Waals surface area contributed by atoms with Gasteiger partial charge in [0, 0.05) is 23.1 Å². The van der Waals surface area contributed by atoms with E-state index in [2.05, 4.69) is 0 Å². The minimum atomic E-state index is -3.38. The molecule has 0 spiro atoms. The van der Waals surface area contributed by atoms with Crippen LogP contribution in [0.1, 0.15) is 18.4 Å². The Morgan fingerprint density at radius 2 is 2.18 bits per heavy atom. The standard InChI is InChI=1S/C10H10ClF2NO3/c1-6(10(12,13)5-15)8-4-7(14(16)17)2-3-9(8)11/h2-4,6,15H,5H2,1H3. The lowest BCUT2D eigenvalue weighted by atomic mass is 9.94. The van der Waals surface area contributed by atoms with Crippen molar-refractivity contribution in [3.8, 4) is 0 Å². The number of nitro benzene ring substituents is 1. The molecule has 0 aromatic heterocycles. The zero-order chi connectivity index (χ0) is 13.2. The molecule has 1 N–H and O–H groups in total. The fraction of sp³-hybridized carbons (Fsp3) is 0.400. The maximum atomic E-state index is 13.3. The Bertz CT molecular complexity index is 440. The lowest BCUT2D eigenvalue weighted by Crippen LogP contribution is -2.28. The van der Waals surface area contributed by atoms with Gasteiger partial charge in [0.15, 0.2) is 0 Å². The Kier molecular flexibility index (Phi) is 4.00. The maximum Gasteiger partial charge on any atom is 0.277 e. The van der Waals surface area contributed by atoms with Crippen LogP contribution in [0, 0.1) is 10.1 Å². The first-order chi connectivity index (χ1) is 7.79. The van der Waals surface area contributed by atoms with Crippen molar-refractivity contribution in [2.75, 3.05) is 6.61 Å². The summed E-state index contributed by atoms with van der Waals surface area (Å²) in [5, 5.41) is 19.1. The van der Waals surface area contributed by atoms with Gasteiger partial charge in [-0.1, -0.05) is 18.5 Å². The third kappa shape index (κ3) is 2.89. The molecule has 0 heterocycles. The van der Waals surface area contributed by atoms with E-state index in [0.717, 1.165) is 19.1 Å². The van der Waals surface area contributed by atoms with Gasteiger partial charge in [0.2, 0.25) is 0 Å². The number of halogens is 3. The van der Waals surface area contributed by atoms with Crippen molar-refractivity contribution >= 4 is 17.3 Å². The number of alkyl halides is 2. The monoisotopic (exact) mass is 265 g/mol. The molecule has 0 aliphatic heterocycles. The normalized spacial score (nSPS) is 13.5. The van der Waals surface area contributed by atoms with E-state index in [9.17, 15) is 18.9 Å². The first kappa shape index (κ1) is 13.8. The molecular formula is C10H10ClF2NO3. The van der Waals surface area contributed by atoms with Crippen LogP contribution in [0.25, 0.3) is 0 Å². The van der Waals surface area contributed by atoms with Crippen molar-refractivity contribution in [2.45, 2.75) is 18.8 Å². The van der Waals surface area contributed by atoms with Gasteiger partial charge in [-0.05, 0) is 11.6 Å². The average Bonchev–Trinajstić information content (AvgIpc) is 2.28. The molecule has 0 saturated heterocycles. The van der Waals surface area contributed by atoms with Crippen molar-refractivity contribution in [2.24, 2.45) is 0 Å². The molecule has 0 radical (unpaired) electrons. The van der Waals surface area contributed by atoms with Crippen molar-refractivity contribution in [1.29, 1.82) is 0 Å². The van der Waals surface area contributed by atoms with E-state index in [0.29, 0.717) is 0 Å². The fourth-order valence-electron chi connectivity index (χ4n) is 1.34. The van der Waals surface area contributed by atoms with Crippen LogP contribution in [0.4, 0.5) is 14.5 Å². The molecular weight excluding hydrogens is 256 g/mol. The number of benzene rings is 1. The summed E-state index contributed by atoms with van der Waals surface area (Å²) in [6.07, 6.45) is 0. The number of non-ortho nitro benzene ring substituents is 1. The molecule has 1 aromatic carbocycles. The number of nitrogens with zero attached hydrogens (tertiary/aromatic N) is 1. The average molecular weight is 266 g/mol. The summed E-state index contributed by atoms with van der Waals surface area (Å²) in [5.74, 6) is -4.78. The Morgan fingerprint density at radius 1 is 1.59 bits per heavy atom. The van der Waals surface area contributed by atoms with Gasteiger partial charge in [0.1, 0.15) is 6.61 Å². The lowest BCUT2D eigenvalue weighted by molar-refractivity contribution is -0.384. The molecule has 1 atom stereocenters. The molecule has 0 saturated carbocycles. The van der Waals surface area contributed by atoms with Gasteiger partial charge in [-0.2, -0.15) is 0 Å². The van der Waals surface area contributed by atoms with E-state index in [1.165, 1.54) is 6.07 Å². The van der Waals surface area contributed by atoms with Crippen LogP contribution in [-0.2, 0) is 0 Å². The van der Waals surface area contributed by atoms with Crippen molar-refractivity contribution in [3.05, 3.63) is 38.9 Å². The lowest BCUT2D eigenvalue weighted by Gasteiger charge is -2.22. The summed E-state index contributed by atoms with van der Waals surface area (Å²) in [6, 6.07) is 3.32. The molecule has 1 aromatic rings. The van der Waals surface area contributed by atoms with E-state index < -0.39 is 23.4 Å². The number of hydrogen-bond donors (Lipinski definition) is 1. The second-order valence-corrected chi connectivity index (χ2v) is 4.01. The topological polar surface area (TPSA) is 63.4 Å². The fourth-order valence-corrected chi connectivity index (χ4v) is 1.62. The van der Waals surface area contributed by atoms with Gasteiger partial charge in [0.05, 0.1) is 4.92 Å². The quantitative estimate of drug-likeness (QED) is 0.672. The number of hydrogen-bond acceptors (Lipinski definition) is 3. The van der Waals surface area contributed by atoms with Crippen LogP contribution in [-0.4, -0.2) is 22.6 Å². The molecule has 17 heavy (non-hydrogen) atoms. The SMILES string of the molecule is CC(c1cc([N+](=O)[O-])ccc1Cl)C(F)(F)CO. The molecule has 0 aliphatic rings. The van der Waals surface area contributed by atoms with Crippen LogP contribution in [0.15, 0.2) is 18.2 Å². The summed E-state index contributed by atoms with van der Waals surface area (Å²) >= 11 is 5.72. The second-order valence-electron chi connectivity index (χ2n) is 3.60. The number of aliphatic hydroxyl groups excluding tert-OH is 1. The number of aliphatic hydroxyl groups is 1. The Labute approximate surface area is 101 Å². The van der Waals surface area contributed by atoms with Gasteiger partial charge in [-0.25, -0.2) is 8.78 Å². The number of nitro groups is 1. The minimum absolute atomic E-state index is 0.0104. The Balaban J connectivity index is 3.21. The first-order valence-corrected chi connectivity index (χ1v) is 5.10. The summed E-state index contributed by atoms with van der Waals surface area (Å²) in [5.41, 5.74) is -0.370. The molecule has 1 rings (SSSR count).